The van der Waals surface area contributed by atoms with Crippen LogP contribution in [0.5, 0.6) is 0 Å². The Kier molecular flexibility index (Phi) is 7.27. The Bertz CT molecular complexity index is 301. The summed E-state index contributed by atoms with van der Waals surface area (Å²) in [6, 6.07) is -1.04. The third-order valence-electron chi connectivity index (χ3n) is 1.90. The molecule has 1 unspecified atom stereocenters. The lowest BCUT2D eigenvalue weighted by atomic mass is 10.2. The number of carbonyl (C=O) groups is 1. The van der Waals surface area contributed by atoms with Gasteiger partial charge < -0.3 is 9.84 Å². The number of ether oxygens (including phenoxy) is 1. The van der Waals surface area contributed by atoms with E-state index in [1.54, 1.807) is 13.8 Å². The average molecular weight is 253 g/mol. The van der Waals surface area contributed by atoms with E-state index < -0.39 is 22.0 Å². The molecule has 0 bridgehead atoms. The maximum Gasteiger partial charge on any atom is 0.321 e. The van der Waals surface area contributed by atoms with E-state index in [1.165, 1.54) is 0 Å². The van der Waals surface area contributed by atoms with Crippen LogP contribution in [0.3, 0.4) is 0 Å². The van der Waals surface area contributed by atoms with Crippen LogP contribution in [0.4, 0.5) is 0 Å². The second-order valence-electron chi connectivity index (χ2n) is 3.31. The lowest BCUT2D eigenvalue weighted by Gasteiger charge is -2.13. The second-order valence-corrected chi connectivity index (χ2v) is 5.19. The van der Waals surface area contributed by atoms with Gasteiger partial charge in [0.2, 0.25) is 10.0 Å². The van der Waals surface area contributed by atoms with Gasteiger partial charge in [-0.3, -0.25) is 4.79 Å². The first kappa shape index (κ1) is 15.3. The van der Waals surface area contributed by atoms with Crippen LogP contribution in [0.15, 0.2) is 0 Å². The van der Waals surface area contributed by atoms with Gasteiger partial charge in [0.15, 0.2) is 0 Å². The van der Waals surface area contributed by atoms with E-state index in [0.717, 1.165) is 0 Å². The van der Waals surface area contributed by atoms with Crippen LogP contribution in [0, 0.1) is 0 Å². The summed E-state index contributed by atoms with van der Waals surface area (Å²) in [7, 11) is -3.58. The Morgan fingerprint density at radius 3 is 2.50 bits per heavy atom. The molecule has 0 aromatic carbocycles. The van der Waals surface area contributed by atoms with Gasteiger partial charge in [0.05, 0.1) is 12.4 Å². The molecule has 0 aliphatic rings. The lowest BCUT2D eigenvalue weighted by Crippen LogP contribution is -2.42. The van der Waals surface area contributed by atoms with Gasteiger partial charge in [0.25, 0.3) is 0 Å². The van der Waals surface area contributed by atoms with Gasteiger partial charge in [-0.25, -0.2) is 13.1 Å². The first-order valence-corrected chi connectivity index (χ1v) is 6.88. The number of hydrogen-bond acceptors (Lipinski definition) is 4. The normalized spacial score (nSPS) is 13.6. The topological polar surface area (TPSA) is 92.7 Å². The van der Waals surface area contributed by atoms with E-state index >= 15 is 0 Å². The number of aliphatic carboxylic acids is 1. The molecule has 0 aliphatic heterocycles. The number of carboxylic acid groups (broad SMARTS) is 1. The summed E-state index contributed by atoms with van der Waals surface area (Å²) in [5, 5.41) is 8.78. The minimum atomic E-state index is -3.58. The van der Waals surface area contributed by atoms with Gasteiger partial charge >= 0.3 is 5.97 Å². The Morgan fingerprint density at radius 2 is 2.06 bits per heavy atom. The van der Waals surface area contributed by atoms with Crippen LogP contribution < -0.4 is 4.72 Å². The van der Waals surface area contributed by atoms with Crippen LogP contribution in [0.2, 0.25) is 0 Å². The fraction of sp³-hybridized carbons (Fsp3) is 0.889. The molecule has 96 valence electrons. The van der Waals surface area contributed by atoms with Gasteiger partial charge in [0, 0.05) is 6.61 Å². The van der Waals surface area contributed by atoms with Gasteiger partial charge in [0.1, 0.15) is 6.04 Å². The molecular weight excluding hydrogens is 234 g/mol. The molecule has 0 amide bonds. The molecule has 0 radical (unpaired) electrons. The van der Waals surface area contributed by atoms with Crippen LogP contribution in [-0.4, -0.2) is 44.5 Å². The third kappa shape index (κ3) is 6.76. The number of sulfonamides is 1. The number of nitrogens with one attached hydrogen (secondary N) is 1. The summed E-state index contributed by atoms with van der Waals surface area (Å²) >= 11 is 0. The summed E-state index contributed by atoms with van der Waals surface area (Å²) in [6.07, 6.45) is 0.883. The Morgan fingerprint density at radius 1 is 1.44 bits per heavy atom. The molecule has 1 atom stereocenters. The number of hydrogen-bond donors (Lipinski definition) is 2. The van der Waals surface area contributed by atoms with Crippen LogP contribution >= 0.6 is 0 Å². The summed E-state index contributed by atoms with van der Waals surface area (Å²) in [6.45, 7) is 4.07. The first-order valence-electron chi connectivity index (χ1n) is 5.23. The van der Waals surface area contributed by atoms with Crippen molar-refractivity contribution in [3.8, 4) is 0 Å². The lowest BCUT2D eigenvalue weighted by molar-refractivity contribution is -0.139. The highest BCUT2D eigenvalue weighted by Crippen LogP contribution is 1.99. The predicted molar refractivity (Wildman–Crippen MR) is 59.7 cm³/mol. The monoisotopic (exact) mass is 253 g/mol. The minimum absolute atomic E-state index is 0.0737. The Balaban J connectivity index is 4.25. The van der Waals surface area contributed by atoms with Gasteiger partial charge in [-0.1, -0.05) is 13.3 Å². The van der Waals surface area contributed by atoms with Crippen molar-refractivity contribution in [2.75, 3.05) is 19.0 Å². The van der Waals surface area contributed by atoms with Gasteiger partial charge in [-0.2, -0.15) is 0 Å². The Hall–Kier alpha value is -0.660. The van der Waals surface area contributed by atoms with Crippen LogP contribution in [-0.2, 0) is 19.6 Å². The van der Waals surface area contributed by atoms with E-state index in [4.69, 9.17) is 9.84 Å². The molecule has 0 heterocycles. The molecule has 0 saturated heterocycles. The quantitative estimate of drug-likeness (QED) is 0.572. The maximum atomic E-state index is 11.4. The van der Waals surface area contributed by atoms with Crippen molar-refractivity contribution in [3.05, 3.63) is 0 Å². The molecule has 0 aromatic heterocycles. The van der Waals surface area contributed by atoms with Crippen molar-refractivity contribution in [3.63, 3.8) is 0 Å². The molecule has 0 spiro atoms. The van der Waals surface area contributed by atoms with E-state index in [2.05, 4.69) is 4.72 Å². The number of rotatable bonds is 9. The summed E-state index contributed by atoms with van der Waals surface area (Å²) in [5.74, 6) is -1.37. The van der Waals surface area contributed by atoms with Crippen LogP contribution in [0.25, 0.3) is 0 Å². The summed E-state index contributed by atoms with van der Waals surface area (Å²) < 4.78 is 29.9. The van der Waals surface area contributed by atoms with Gasteiger partial charge in [-0.05, 0) is 13.3 Å². The molecule has 7 heteroatoms. The Labute approximate surface area is 96.0 Å². The first-order chi connectivity index (χ1) is 7.43. The van der Waals surface area contributed by atoms with E-state index in [0.29, 0.717) is 13.0 Å². The van der Waals surface area contributed by atoms with E-state index in [-0.39, 0.29) is 18.8 Å². The molecule has 6 nitrogen and oxygen atoms in total. The summed E-state index contributed by atoms with van der Waals surface area (Å²) in [4.78, 5) is 10.7. The van der Waals surface area contributed by atoms with Crippen molar-refractivity contribution < 1.29 is 23.1 Å². The average Bonchev–Trinajstić information content (AvgIpc) is 2.17. The maximum absolute atomic E-state index is 11.4. The smallest absolute Gasteiger partial charge is 0.321 e. The minimum Gasteiger partial charge on any atom is -0.480 e. The molecule has 2 N–H and O–H groups in total. The summed E-state index contributed by atoms with van der Waals surface area (Å²) in [5.41, 5.74) is 0. The van der Waals surface area contributed by atoms with Crippen LogP contribution in [0.1, 0.15) is 26.7 Å². The largest absolute Gasteiger partial charge is 0.480 e. The zero-order chi connectivity index (χ0) is 12.6. The highest BCUT2D eigenvalue weighted by atomic mass is 32.2. The van der Waals surface area contributed by atoms with Crippen molar-refractivity contribution in [1.29, 1.82) is 0 Å². The fourth-order valence-electron chi connectivity index (χ4n) is 1.11. The standard InChI is InChI=1S/C9H19NO5S/c1-3-5-8(9(11)12)10-16(13,14)7-6-15-4-2/h8,10H,3-7H2,1-2H3,(H,11,12). The van der Waals surface area contributed by atoms with Crippen molar-refractivity contribution in [2.24, 2.45) is 0 Å². The molecule has 0 saturated carbocycles. The van der Waals surface area contributed by atoms with E-state index in [9.17, 15) is 13.2 Å². The molecule has 0 fully saturated rings. The molecule has 0 rings (SSSR count). The van der Waals surface area contributed by atoms with Crippen molar-refractivity contribution in [2.45, 2.75) is 32.7 Å². The number of carboxylic acids is 1. The van der Waals surface area contributed by atoms with Crippen molar-refractivity contribution >= 4 is 16.0 Å². The molecule has 0 aliphatic carbocycles. The SMILES string of the molecule is CCCC(NS(=O)(=O)CCOCC)C(=O)O. The van der Waals surface area contributed by atoms with Crippen molar-refractivity contribution in [1.82, 2.24) is 4.72 Å². The highest BCUT2D eigenvalue weighted by molar-refractivity contribution is 7.89. The zero-order valence-corrected chi connectivity index (χ0v) is 10.4. The van der Waals surface area contributed by atoms with E-state index in [1.807, 2.05) is 0 Å². The molecule has 16 heavy (non-hydrogen) atoms. The molecule has 0 aromatic rings. The highest BCUT2D eigenvalue weighted by Gasteiger charge is 2.22. The zero-order valence-electron chi connectivity index (χ0n) is 9.60. The third-order valence-corrected chi connectivity index (χ3v) is 3.25. The second kappa shape index (κ2) is 7.59. The molecular formula is C9H19NO5S. The predicted octanol–water partition coefficient (Wildman–Crippen LogP) is 0.196. The van der Waals surface area contributed by atoms with Gasteiger partial charge in [-0.15, -0.1) is 0 Å². The fourth-order valence-corrected chi connectivity index (χ4v) is 2.22.